The van der Waals surface area contributed by atoms with Crippen molar-refractivity contribution in [1.29, 1.82) is 0 Å². The maximum atomic E-state index is 2.49. The summed E-state index contributed by atoms with van der Waals surface area (Å²) in [5, 5.41) is 2.55. The molecule has 11 rings (SSSR count). The van der Waals surface area contributed by atoms with Gasteiger partial charge in [0.15, 0.2) is 0 Å². The first-order chi connectivity index (χ1) is 27.0. The van der Waals surface area contributed by atoms with Crippen molar-refractivity contribution in [3.05, 3.63) is 199 Å². The van der Waals surface area contributed by atoms with E-state index in [4.69, 9.17) is 0 Å². The zero-order valence-electron chi connectivity index (χ0n) is 31.3. The second kappa shape index (κ2) is 12.0. The maximum Gasteiger partial charge on any atom is 0.0778 e. The first-order valence-corrected chi connectivity index (χ1v) is 19.4. The van der Waals surface area contributed by atoms with E-state index in [1.807, 2.05) is 0 Å². The monoisotopic (exact) mass is 707 g/mol. The van der Waals surface area contributed by atoms with Crippen molar-refractivity contribution in [2.75, 3.05) is 16.8 Å². The molecular formula is C52H41N3. The Bertz CT molecular complexity index is 2860. The molecule has 0 amide bonds. The van der Waals surface area contributed by atoms with Crippen LogP contribution in [0.25, 0.3) is 49.7 Å². The molecule has 0 N–H and O–H groups in total. The SMILES string of the molecule is CN1c2c(ccc3c4cc(-c5ccc(N(c6ccccc6)c6ccc7c(c6)C(C)(C)c6ccccc6-7)cc5)ccc4n(-c4ccccc4)c23)C2C=CC=CC21. The van der Waals surface area contributed by atoms with Gasteiger partial charge in [0.1, 0.15) is 0 Å². The maximum absolute atomic E-state index is 2.49. The third-order valence-electron chi connectivity index (χ3n) is 12.5. The van der Waals surface area contributed by atoms with Gasteiger partial charge in [-0.25, -0.2) is 0 Å². The Hall–Kier alpha value is -6.58. The van der Waals surface area contributed by atoms with E-state index < -0.39 is 0 Å². The van der Waals surface area contributed by atoms with Gasteiger partial charge in [0, 0.05) is 51.9 Å². The Morgan fingerprint density at radius 2 is 1.22 bits per heavy atom. The molecule has 3 aliphatic rings. The number of nitrogens with zero attached hydrogens (tertiary/aromatic N) is 3. The summed E-state index contributed by atoms with van der Waals surface area (Å²) in [5.41, 5.74) is 17.6. The Labute approximate surface area is 322 Å². The zero-order valence-corrected chi connectivity index (χ0v) is 31.3. The molecule has 1 aromatic heterocycles. The molecule has 3 heteroatoms. The second-order valence-electron chi connectivity index (χ2n) is 15.8. The van der Waals surface area contributed by atoms with E-state index >= 15 is 0 Å². The molecule has 2 aliphatic carbocycles. The predicted octanol–water partition coefficient (Wildman–Crippen LogP) is 13.3. The average molecular weight is 708 g/mol. The van der Waals surface area contributed by atoms with E-state index in [0.717, 1.165) is 17.1 Å². The first kappa shape index (κ1) is 31.9. The summed E-state index contributed by atoms with van der Waals surface area (Å²) in [4.78, 5) is 4.87. The van der Waals surface area contributed by atoms with Gasteiger partial charge in [0.25, 0.3) is 0 Å². The molecule has 0 fully saturated rings. The second-order valence-corrected chi connectivity index (χ2v) is 15.8. The molecule has 0 spiro atoms. The Balaban J connectivity index is 1.03. The molecule has 0 bridgehead atoms. The lowest BCUT2D eigenvalue weighted by Gasteiger charge is -2.28. The summed E-state index contributed by atoms with van der Waals surface area (Å²) in [6, 6.07) is 58.6. The fraction of sp³-hybridized carbons (Fsp3) is 0.115. The number of benzene rings is 7. The Morgan fingerprint density at radius 1 is 0.545 bits per heavy atom. The van der Waals surface area contributed by atoms with E-state index in [1.54, 1.807) is 0 Å². The summed E-state index contributed by atoms with van der Waals surface area (Å²) in [6.45, 7) is 4.70. The van der Waals surface area contributed by atoms with Crippen molar-refractivity contribution < 1.29 is 0 Å². The minimum absolute atomic E-state index is 0.0712. The largest absolute Gasteiger partial charge is 0.365 e. The van der Waals surface area contributed by atoms with Crippen LogP contribution in [0.1, 0.15) is 36.5 Å². The van der Waals surface area contributed by atoms with E-state index in [9.17, 15) is 0 Å². The standard InChI is InChI=1S/C52H41N3/c1-52(2)46-20-12-10-18-40(46)41-28-27-39(33-47(41)52)54(36-14-6-4-7-15-36)38-25-22-34(23-26-38)35-24-31-49-45(32-35)44-30-29-43-42-19-11-13-21-48(42)53(3)50(43)51(44)55(49)37-16-8-5-9-17-37/h4-33,42,48H,1-3H3. The molecule has 264 valence electrons. The van der Waals surface area contributed by atoms with Gasteiger partial charge in [0.2, 0.25) is 0 Å². The molecule has 2 heterocycles. The quantitative estimate of drug-likeness (QED) is 0.176. The van der Waals surface area contributed by atoms with Gasteiger partial charge < -0.3 is 14.4 Å². The summed E-state index contributed by atoms with van der Waals surface area (Å²) in [5.74, 6) is 0.362. The predicted molar refractivity (Wildman–Crippen MR) is 232 cm³/mol. The molecule has 0 saturated heterocycles. The first-order valence-electron chi connectivity index (χ1n) is 19.4. The van der Waals surface area contributed by atoms with Crippen molar-refractivity contribution in [3.63, 3.8) is 0 Å². The van der Waals surface area contributed by atoms with Crippen LogP contribution in [0.3, 0.4) is 0 Å². The van der Waals surface area contributed by atoms with E-state index in [2.05, 4.69) is 217 Å². The van der Waals surface area contributed by atoms with Crippen LogP contribution in [0, 0.1) is 0 Å². The van der Waals surface area contributed by atoms with Crippen molar-refractivity contribution in [1.82, 2.24) is 4.57 Å². The smallest absolute Gasteiger partial charge is 0.0778 e. The van der Waals surface area contributed by atoms with Gasteiger partial charge in [-0.2, -0.15) is 0 Å². The number of para-hydroxylation sites is 2. The molecular weight excluding hydrogens is 667 g/mol. The molecule has 2 atom stereocenters. The Morgan fingerprint density at radius 3 is 2.04 bits per heavy atom. The van der Waals surface area contributed by atoms with E-state index in [0.29, 0.717) is 12.0 Å². The molecule has 0 saturated carbocycles. The van der Waals surface area contributed by atoms with Crippen molar-refractivity contribution in [2.24, 2.45) is 0 Å². The zero-order chi connectivity index (χ0) is 36.8. The van der Waals surface area contributed by atoms with Crippen LogP contribution < -0.4 is 9.80 Å². The third kappa shape index (κ3) is 4.69. The molecule has 2 unspecified atom stereocenters. The highest BCUT2D eigenvalue weighted by Crippen LogP contribution is 2.52. The van der Waals surface area contributed by atoms with Gasteiger partial charge in [-0.15, -0.1) is 0 Å². The number of aromatic nitrogens is 1. The lowest BCUT2D eigenvalue weighted by atomic mass is 9.82. The highest BCUT2D eigenvalue weighted by atomic mass is 15.2. The van der Waals surface area contributed by atoms with Crippen LogP contribution in [0.15, 0.2) is 182 Å². The number of fused-ring (bicyclic) bond motifs is 10. The molecule has 3 nitrogen and oxygen atoms in total. The van der Waals surface area contributed by atoms with Crippen molar-refractivity contribution in [3.8, 4) is 27.9 Å². The number of rotatable bonds is 5. The number of anilines is 4. The number of allylic oxidation sites excluding steroid dienone is 2. The number of likely N-dealkylation sites (N-methyl/N-ethyl adjacent to an activating group) is 1. The summed E-state index contributed by atoms with van der Waals surface area (Å²) < 4.78 is 2.48. The minimum atomic E-state index is -0.0712. The van der Waals surface area contributed by atoms with Gasteiger partial charge >= 0.3 is 0 Å². The molecule has 1 aliphatic heterocycles. The van der Waals surface area contributed by atoms with Crippen LogP contribution in [-0.2, 0) is 5.41 Å². The summed E-state index contributed by atoms with van der Waals surface area (Å²) in [7, 11) is 2.26. The van der Waals surface area contributed by atoms with Crippen LogP contribution >= 0.6 is 0 Å². The Kier molecular flexibility index (Phi) is 6.94. The molecule has 0 radical (unpaired) electrons. The molecule has 7 aromatic carbocycles. The average Bonchev–Trinajstić information content (AvgIpc) is 3.81. The fourth-order valence-electron chi connectivity index (χ4n) is 9.83. The van der Waals surface area contributed by atoms with Crippen LogP contribution in [-0.4, -0.2) is 17.7 Å². The summed E-state index contributed by atoms with van der Waals surface area (Å²) in [6.07, 6.45) is 9.09. The van der Waals surface area contributed by atoms with Crippen LogP contribution in [0.2, 0.25) is 0 Å². The minimum Gasteiger partial charge on any atom is -0.365 e. The highest BCUT2D eigenvalue weighted by molar-refractivity contribution is 6.15. The van der Waals surface area contributed by atoms with Crippen molar-refractivity contribution >= 4 is 44.6 Å². The molecule has 55 heavy (non-hydrogen) atoms. The van der Waals surface area contributed by atoms with Crippen LogP contribution in [0.4, 0.5) is 22.7 Å². The lowest BCUT2D eigenvalue weighted by Crippen LogP contribution is -2.28. The van der Waals surface area contributed by atoms with Gasteiger partial charge in [-0.3, -0.25) is 0 Å². The number of hydrogen-bond acceptors (Lipinski definition) is 2. The van der Waals surface area contributed by atoms with E-state index in [-0.39, 0.29) is 5.41 Å². The van der Waals surface area contributed by atoms with E-state index in [1.165, 1.54) is 72.1 Å². The molecule has 8 aromatic rings. The third-order valence-corrected chi connectivity index (χ3v) is 12.5. The fourth-order valence-corrected chi connectivity index (χ4v) is 9.83. The van der Waals surface area contributed by atoms with Crippen LogP contribution in [0.5, 0.6) is 0 Å². The topological polar surface area (TPSA) is 11.4 Å². The highest BCUT2D eigenvalue weighted by Gasteiger charge is 2.38. The van der Waals surface area contributed by atoms with Gasteiger partial charge in [-0.05, 0) is 99.6 Å². The van der Waals surface area contributed by atoms with Gasteiger partial charge in [0.05, 0.1) is 22.8 Å². The van der Waals surface area contributed by atoms with Crippen molar-refractivity contribution in [2.45, 2.75) is 31.2 Å². The van der Waals surface area contributed by atoms with Gasteiger partial charge in [-0.1, -0.05) is 135 Å². The normalized spacial score (nSPS) is 17.3. The summed E-state index contributed by atoms with van der Waals surface area (Å²) >= 11 is 0. The number of hydrogen-bond donors (Lipinski definition) is 0. The lowest BCUT2D eigenvalue weighted by molar-refractivity contribution is 0.660.